The van der Waals surface area contributed by atoms with Crippen LogP contribution in [0.1, 0.15) is 66.3 Å². The molecule has 2 atom stereocenters. The van der Waals surface area contributed by atoms with E-state index in [0.29, 0.717) is 23.2 Å². The van der Waals surface area contributed by atoms with Crippen LogP contribution in [-0.2, 0) is 11.2 Å². The summed E-state index contributed by atoms with van der Waals surface area (Å²) in [5, 5.41) is 37.2. The monoisotopic (exact) mass is 550 g/mol. The topological polar surface area (TPSA) is 176 Å². The summed E-state index contributed by atoms with van der Waals surface area (Å²) in [6.45, 7) is 5.64. The Bertz CT molecular complexity index is 1140. The first-order valence-electron chi connectivity index (χ1n) is 13.4. The van der Waals surface area contributed by atoms with Crippen molar-refractivity contribution in [3.8, 4) is 0 Å². The van der Waals surface area contributed by atoms with E-state index in [0.717, 1.165) is 31.2 Å². The van der Waals surface area contributed by atoms with Crippen LogP contribution in [0.4, 0.5) is 5.69 Å². The lowest BCUT2D eigenvalue weighted by Crippen LogP contribution is -2.57. The third-order valence-corrected chi connectivity index (χ3v) is 6.06. The largest absolute Gasteiger partial charge is 0.475 e. The highest BCUT2D eigenvalue weighted by Gasteiger charge is 2.30. The maximum atomic E-state index is 13.2. The molecule has 2 rings (SSSR count). The maximum absolute atomic E-state index is 13.2. The predicted molar refractivity (Wildman–Crippen MR) is 158 cm³/mol. The zero-order valence-corrected chi connectivity index (χ0v) is 23.2. The summed E-state index contributed by atoms with van der Waals surface area (Å²) >= 11 is 0. The average molecular weight is 550 g/mol. The molecule has 7 N–H and O–H groups in total. The van der Waals surface area contributed by atoms with Gasteiger partial charge in [-0.3, -0.25) is 19.8 Å². The molecule has 40 heavy (non-hydrogen) atoms. The minimum atomic E-state index is -1.79. The number of anilines is 1. The molecule has 0 aliphatic heterocycles. The van der Waals surface area contributed by atoms with E-state index in [1.807, 2.05) is 26.0 Å². The van der Waals surface area contributed by atoms with Crippen LogP contribution in [-0.4, -0.2) is 66.1 Å². The van der Waals surface area contributed by atoms with Crippen LogP contribution in [0.3, 0.4) is 0 Å². The molecule has 0 aromatic heterocycles. The average Bonchev–Trinajstić information content (AvgIpc) is 2.93. The molecule has 0 saturated heterocycles. The molecule has 0 bridgehead atoms. The fourth-order valence-electron chi connectivity index (χ4n) is 3.86. The molecule has 2 aromatic rings. The normalized spacial score (nSPS) is 12.4. The molecule has 1 unspecified atom stereocenters. The van der Waals surface area contributed by atoms with Gasteiger partial charge in [0.2, 0.25) is 5.91 Å². The van der Waals surface area contributed by atoms with Crippen molar-refractivity contribution in [3.05, 3.63) is 65.2 Å². The number of amides is 3. The van der Waals surface area contributed by atoms with Crippen LogP contribution in [0.15, 0.2) is 53.5 Å². The Morgan fingerprint density at radius 3 is 2.17 bits per heavy atom. The molecule has 214 valence electrons. The molecule has 11 nitrogen and oxygen atoms in total. The first kappa shape index (κ1) is 32.2. The van der Waals surface area contributed by atoms with Crippen LogP contribution in [0.5, 0.6) is 0 Å². The number of hydrogen-bond acceptors (Lipinski definition) is 6. The van der Waals surface area contributed by atoms with E-state index in [-0.39, 0.29) is 12.5 Å². The molecule has 12 heteroatoms. The van der Waals surface area contributed by atoms with Crippen molar-refractivity contribution in [2.75, 3.05) is 11.9 Å². The predicted octanol–water partition coefficient (Wildman–Crippen LogP) is 2.15. The van der Waals surface area contributed by atoms with Crippen molar-refractivity contribution < 1.29 is 24.4 Å². The van der Waals surface area contributed by atoms with Crippen molar-refractivity contribution in [2.45, 2.75) is 58.4 Å². The van der Waals surface area contributed by atoms with E-state index in [1.165, 1.54) is 6.34 Å². The summed E-state index contributed by atoms with van der Waals surface area (Å²) in [4.78, 5) is 42.6. The quantitative estimate of drug-likeness (QED) is 0.0957. The number of carbonyl (C=O) groups is 3. The van der Waals surface area contributed by atoms with Gasteiger partial charge in [-0.1, -0.05) is 39.3 Å². The highest BCUT2D eigenvalue weighted by atomic mass is 16.4. The number of hydrogen-bond donors (Lipinski definition) is 7. The maximum Gasteiger partial charge on any atom is 0.475 e. The fraction of sp³-hybridized carbons (Fsp3) is 0.393. The highest BCUT2D eigenvalue weighted by molar-refractivity contribution is 6.43. The Balaban J connectivity index is 2.14. The molecule has 0 aliphatic rings. The SMILES string of the molecule is CCCCc1ccc(C(=O)N[C@@H](CNC(=O)c2ccc(N/C=N\C=N)cc2)C(=O)NC(CC(C)C)B(O)O)cc1. The van der Waals surface area contributed by atoms with Crippen LogP contribution >= 0.6 is 0 Å². The number of nitrogens with one attached hydrogen (secondary N) is 5. The van der Waals surface area contributed by atoms with Crippen LogP contribution in [0.25, 0.3) is 0 Å². The lowest BCUT2D eigenvalue weighted by molar-refractivity contribution is -0.123. The molecular weight excluding hydrogens is 511 g/mol. The van der Waals surface area contributed by atoms with Gasteiger partial charge < -0.3 is 31.3 Å². The Kier molecular flexibility index (Phi) is 13.5. The summed E-state index contributed by atoms with van der Waals surface area (Å²) in [6.07, 6.45) is 5.54. The lowest BCUT2D eigenvalue weighted by Gasteiger charge is -2.24. The number of unbranched alkanes of at least 4 members (excludes halogenated alkanes) is 1. The van der Waals surface area contributed by atoms with E-state index in [2.05, 4.69) is 33.2 Å². The van der Waals surface area contributed by atoms with Gasteiger partial charge in [0.1, 0.15) is 12.4 Å². The Morgan fingerprint density at radius 1 is 0.975 bits per heavy atom. The third kappa shape index (κ3) is 11.0. The zero-order chi connectivity index (χ0) is 29.5. The van der Waals surface area contributed by atoms with Crippen molar-refractivity contribution in [3.63, 3.8) is 0 Å². The molecule has 0 fully saturated rings. The number of aryl methyl sites for hydroxylation is 1. The van der Waals surface area contributed by atoms with E-state index in [9.17, 15) is 24.4 Å². The molecule has 0 spiro atoms. The molecule has 0 radical (unpaired) electrons. The van der Waals surface area contributed by atoms with E-state index < -0.39 is 36.8 Å². The van der Waals surface area contributed by atoms with E-state index >= 15 is 0 Å². The first-order chi connectivity index (χ1) is 19.1. The van der Waals surface area contributed by atoms with Crippen molar-refractivity contribution >= 4 is 43.2 Å². The minimum Gasteiger partial charge on any atom is -0.426 e. The summed E-state index contributed by atoms with van der Waals surface area (Å²) in [7, 11) is -1.79. The number of nitrogens with zero attached hydrogens (tertiary/aromatic N) is 1. The van der Waals surface area contributed by atoms with Gasteiger partial charge in [-0.15, -0.1) is 0 Å². The molecule has 0 aliphatic carbocycles. The van der Waals surface area contributed by atoms with Gasteiger partial charge in [0.25, 0.3) is 11.8 Å². The standard InChI is InChI=1S/C28H39BN6O5/c1-4-5-6-20-7-9-22(10-8-20)27(37)34-24(28(38)35-25(29(39)40)15-19(2)3)16-32-26(36)21-11-13-23(14-12-21)33-18-31-17-30/h7-14,17-19,24-25,39-40H,4-6,15-16H2,1-3H3,(H,32,36)(H,34,37)(H,35,38)(H2,30,31,33)/t24-,25?/m0/s1. The Labute approximate surface area is 235 Å². The lowest BCUT2D eigenvalue weighted by atomic mass is 9.75. The molecular formula is C28H39BN6O5. The van der Waals surface area contributed by atoms with Crippen molar-refractivity contribution in [2.24, 2.45) is 10.9 Å². The first-order valence-corrected chi connectivity index (χ1v) is 13.4. The molecule has 0 saturated carbocycles. The van der Waals surface area contributed by atoms with Gasteiger partial charge in [-0.2, -0.15) is 0 Å². The van der Waals surface area contributed by atoms with E-state index in [1.54, 1.807) is 36.4 Å². The number of rotatable bonds is 16. The molecule has 2 aromatic carbocycles. The fourth-order valence-corrected chi connectivity index (χ4v) is 3.86. The van der Waals surface area contributed by atoms with E-state index in [4.69, 9.17) is 5.41 Å². The summed E-state index contributed by atoms with van der Waals surface area (Å²) in [5.41, 5.74) is 2.45. The number of benzene rings is 2. The molecule has 0 heterocycles. The zero-order valence-electron chi connectivity index (χ0n) is 23.2. The minimum absolute atomic E-state index is 0.0694. The van der Waals surface area contributed by atoms with Gasteiger partial charge in [0.15, 0.2) is 0 Å². The number of aliphatic imine (C=N–C) groups is 1. The van der Waals surface area contributed by atoms with Gasteiger partial charge in [0, 0.05) is 23.4 Å². The highest BCUT2D eigenvalue weighted by Crippen LogP contribution is 2.11. The smallest absolute Gasteiger partial charge is 0.426 e. The van der Waals surface area contributed by atoms with Gasteiger partial charge in [-0.05, 0) is 67.1 Å². The summed E-state index contributed by atoms with van der Waals surface area (Å²) in [6, 6.07) is 12.4. The van der Waals surface area contributed by atoms with Crippen LogP contribution in [0, 0.1) is 11.3 Å². The van der Waals surface area contributed by atoms with Crippen LogP contribution < -0.4 is 21.3 Å². The number of carbonyl (C=O) groups excluding carboxylic acids is 3. The molecule has 3 amide bonds. The second kappa shape index (κ2) is 16.8. The van der Waals surface area contributed by atoms with Crippen LogP contribution in [0.2, 0.25) is 0 Å². The van der Waals surface area contributed by atoms with Crippen molar-refractivity contribution in [1.29, 1.82) is 5.41 Å². The Hall–Kier alpha value is -4.03. The van der Waals surface area contributed by atoms with Gasteiger partial charge in [0.05, 0.1) is 12.3 Å². The third-order valence-electron chi connectivity index (χ3n) is 6.06. The van der Waals surface area contributed by atoms with Gasteiger partial charge >= 0.3 is 7.12 Å². The second-order valence-corrected chi connectivity index (χ2v) is 9.82. The van der Waals surface area contributed by atoms with Crippen molar-refractivity contribution in [1.82, 2.24) is 16.0 Å². The summed E-state index contributed by atoms with van der Waals surface area (Å²) < 4.78 is 0. The summed E-state index contributed by atoms with van der Waals surface area (Å²) in [5.74, 6) is -2.50. The van der Waals surface area contributed by atoms with Gasteiger partial charge in [-0.25, -0.2) is 4.99 Å². The Morgan fingerprint density at radius 2 is 1.60 bits per heavy atom. The second-order valence-electron chi connectivity index (χ2n) is 9.82.